The van der Waals surface area contributed by atoms with Crippen LogP contribution in [0.25, 0.3) is 0 Å². The van der Waals surface area contributed by atoms with Crippen LogP contribution in [0.1, 0.15) is 58.4 Å². The highest BCUT2D eigenvalue weighted by Gasteiger charge is 2.31. The monoisotopic (exact) mass is 270 g/mol. The SMILES string of the molecule is CCC(CC)C(O)C(O)c1c(OC)cnn1C(C)C. The molecule has 19 heavy (non-hydrogen) atoms. The molecule has 2 N–H and O–H groups in total. The van der Waals surface area contributed by atoms with Gasteiger partial charge in [0.05, 0.1) is 19.4 Å². The maximum absolute atomic E-state index is 10.5. The zero-order valence-electron chi connectivity index (χ0n) is 12.5. The summed E-state index contributed by atoms with van der Waals surface area (Å²) in [6.07, 6.45) is 1.44. The van der Waals surface area contributed by atoms with Crippen LogP contribution in [0, 0.1) is 5.92 Å². The van der Waals surface area contributed by atoms with Gasteiger partial charge in [-0.3, -0.25) is 4.68 Å². The molecule has 0 spiro atoms. The van der Waals surface area contributed by atoms with Gasteiger partial charge < -0.3 is 14.9 Å². The number of rotatable bonds is 7. The topological polar surface area (TPSA) is 67.5 Å². The van der Waals surface area contributed by atoms with Crippen molar-refractivity contribution in [2.45, 2.75) is 58.8 Å². The molecule has 0 aliphatic rings. The summed E-state index contributed by atoms with van der Waals surface area (Å²) in [7, 11) is 1.54. The van der Waals surface area contributed by atoms with Crippen LogP contribution in [0.5, 0.6) is 5.75 Å². The molecule has 5 nitrogen and oxygen atoms in total. The first kappa shape index (κ1) is 16.0. The number of aromatic nitrogens is 2. The third kappa shape index (κ3) is 3.28. The second kappa shape index (κ2) is 6.91. The van der Waals surface area contributed by atoms with Crippen LogP contribution >= 0.6 is 0 Å². The largest absolute Gasteiger partial charge is 0.493 e. The quantitative estimate of drug-likeness (QED) is 0.798. The van der Waals surface area contributed by atoms with Gasteiger partial charge in [0.15, 0.2) is 5.75 Å². The molecule has 1 aromatic heterocycles. The molecule has 2 unspecified atom stereocenters. The van der Waals surface area contributed by atoms with E-state index in [1.54, 1.807) is 18.0 Å². The molecule has 0 aliphatic heterocycles. The smallest absolute Gasteiger partial charge is 0.162 e. The van der Waals surface area contributed by atoms with Crippen LogP contribution in [-0.2, 0) is 0 Å². The van der Waals surface area contributed by atoms with Crippen molar-refractivity contribution in [3.8, 4) is 5.75 Å². The number of hydrogen-bond donors (Lipinski definition) is 2. The van der Waals surface area contributed by atoms with Crippen molar-refractivity contribution in [2.75, 3.05) is 7.11 Å². The molecule has 0 aliphatic carbocycles. The van der Waals surface area contributed by atoms with Gasteiger partial charge >= 0.3 is 0 Å². The van der Waals surface area contributed by atoms with Crippen LogP contribution in [-0.4, -0.2) is 33.2 Å². The third-order valence-electron chi connectivity index (χ3n) is 3.64. The molecule has 0 saturated heterocycles. The fourth-order valence-electron chi connectivity index (χ4n) is 2.40. The fourth-order valence-corrected chi connectivity index (χ4v) is 2.40. The summed E-state index contributed by atoms with van der Waals surface area (Å²) in [6.45, 7) is 7.99. The van der Waals surface area contributed by atoms with Crippen molar-refractivity contribution in [1.29, 1.82) is 0 Å². The molecular weight excluding hydrogens is 244 g/mol. The lowest BCUT2D eigenvalue weighted by molar-refractivity contribution is -0.0267. The van der Waals surface area contributed by atoms with Crippen molar-refractivity contribution in [3.05, 3.63) is 11.9 Å². The first-order valence-electron chi connectivity index (χ1n) is 6.95. The summed E-state index contributed by atoms with van der Waals surface area (Å²) in [5.74, 6) is 0.585. The average molecular weight is 270 g/mol. The predicted octanol–water partition coefficient (Wildman–Crippen LogP) is 2.30. The average Bonchev–Trinajstić information content (AvgIpc) is 2.82. The van der Waals surface area contributed by atoms with Gasteiger partial charge in [0.2, 0.25) is 0 Å². The summed E-state index contributed by atoms with van der Waals surface area (Å²) in [5.41, 5.74) is 0.553. The molecule has 2 atom stereocenters. The lowest BCUT2D eigenvalue weighted by atomic mass is 9.91. The lowest BCUT2D eigenvalue weighted by Crippen LogP contribution is -2.29. The van der Waals surface area contributed by atoms with Gasteiger partial charge in [-0.2, -0.15) is 5.10 Å². The summed E-state index contributed by atoms with van der Waals surface area (Å²) in [4.78, 5) is 0. The summed E-state index contributed by atoms with van der Waals surface area (Å²) < 4.78 is 6.94. The Morgan fingerprint density at radius 2 is 1.84 bits per heavy atom. The van der Waals surface area contributed by atoms with E-state index >= 15 is 0 Å². The number of methoxy groups -OCH3 is 1. The van der Waals surface area contributed by atoms with E-state index in [4.69, 9.17) is 4.74 Å². The highest BCUT2D eigenvalue weighted by atomic mass is 16.5. The van der Waals surface area contributed by atoms with E-state index in [2.05, 4.69) is 5.10 Å². The summed E-state index contributed by atoms with van der Waals surface area (Å²) in [5, 5.41) is 25.0. The predicted molar refractivity (Wildman–Crippen MR) is 74.2 cm³/mol. The molecule has 0 fully saturated rings. The molecule has 0 radical (unpaired) electrons. The molecule has 1 rings (SSSR count). The van der Waals surface area contributed by atoms with Gasteiger partial charge in [0.25, 0.3) is 0 Å². The van der Waals surface area contributed by atoms with Crippen molar-refractivity contribution < 1.29 is 14.9 Å². The number of hydrogen-bond acceptors (Lipinski definition) is 4. The Morgan fingerprint density at radius 3 is 2.26 bits per heavy atom. The summed E-state index contributed by atoms with van der Waals surface area (Å²) >= 11 is 0. The van der Waals surface area contributed by atoms with Crippen LogP contribution in [0.4, 0.5) is 0 Å². The van der Waals surface area contributed by atoms with Crippen molar-refractivity contribution in [2.24, 2.45) is 5.92 Å². The van der Waals surface area contributed by atoms with Gasteiger partial charge in [-0.1, -0.05) is 26.7 Å². The number of aliphatic hydroxyl groups excluding tert-OH is 2. The number of ether oxygens (including phenoxy) is 1. The molecule has 110 valence electrons. The van der Waals surface area contributed by atoms with E-state index in [1.807, 2.05) is 27.7 Å². The Hall–Kier alpha value is -1.07. The first-order chi connectivity index (χ1) is 8.97. The second-order valence-electron chi connectivity index (χ2n) is 5.15. The maximum atomic E-state index is 10.5. The first-order valence-corrected chi connectivity index (χ1v) is 6.95. The maximum Gasteiger partial charge on any atom is 0.162 e. The van der Waals surface area contributed by atoms with Crippen LogP contribution < -0.4 is 4.74 Å². The molecule has 1 heterocycles. The van der Waals surface area contributed by atoms with E-state index in [0.717, 1.165) is 12.8 Å². The minimum atomic E-state index is -0.982. The van der Waals surface area contributed by atoms with Crippen molar-refractivity contribution in [1.82, 2.24) is 9.78 Å². The number of aliphatic hydroxyl groups is 2. The highest BCUT2D eigenvalue weighted by Crippen LogP contribution is 2.33. The number of nitrogens with zero attached hydrogens (tertiary/aromatic N) is 2. The van der Waals surface area contributed by atoms with Crippen molar-refractivity contribution >= 4 is 0 Å². The Balaban J connectivity index is 3.09. The fraction of sp³-hybridized carbons (Fsp3) is 0.786. The van der Waals surface area contributed by atoms with Crippen LogP contribution in [0.3, 0.4) is 0 Å². The van der Waals surface area contributed by atoms with Crippen LogP contribution in [0.2, 0.25) is 0 Å². The molecule has 0 bridgehead atoms. The van der Waals surface area contributed by atoms with Gasteiger partial charge in [-0.05, 0) is 19.8 Å². The van der Waals surface area contributed by atoms with E-state index in [9.17, 15) is 10.2 Å². The molecule has 0 aromatic carbocycles. The minimum Gasteiger partial charge on any atom is -0.493 e. The highest BCUT2D eigenvalue weighted by molar-refractivity contribution is 5.28. The normalized spacial score (nSPS) is 15.0. The molecular formula is C14H26N2O3. The zero-order valence-corrected chi connectivity index (χ0v) is 12.5. The minimum absolute atomic E-state index is 0.0650. The Labute approximate surface area is 115 Å². The molecule has 1 aromatic rings. The Bertz CT molecular complexity index is 386. The van der Waals surface area contributed by atoms with E-state index in [-0.39, 0.29) is 12.0 Å². The Morgan fingerprint density at radius 1 is 1.26 bits per heavy atom. The Kier molecular flexibility index (Phi) is 5.82. The van der Waals surface area contributed by atoms with Gasteiger partial charge in [-0.25, -0.2) is 0 Å². The molecule has 5 heteroatoms. The van der Waals surface area contributed by atoms with Gasteiger partial charge in [0, 0.05) is 6.04 Å². The van der Waals surface area contributed by atoms with Gasteiger partial charge in [-0.15, -0.1) is 0 Å². The van der Waals surface area contributed by atoms with E-state index in [1.165, 1.54) is 0 Å². The second-order valence-corrected chi connectivity index (χ2v) is 5.15. The third-order valence-corrected chi connectivity index (χ3v) is 3.64. The van der Waals surface area contributed by atoms with Crippen LogP contribution in [0.15, 0.2) is 6.20 Å². The standard InChI is InChI=1S/C14H26N2O3/c1-6-10(7-2)13(17)14(18)12-11(19-5)8-15-16(12)9(3)4/h8-10,13-14,17-18H,6-7H2,1-5H3. The van der Waals surface area contributed by atoms with Gasteiger partial charge in [0.1, 0.15) is 11.8 Å². The molecule has 0 amide bonds. The van der Waals surface area contributed by atoms with E-state index in [0.29, 0.717) is 11.4 Å². The van der Waals surface area contributed by atoms with E-state index < -0.39 is 12.2 Å². The van der Waals surface area contributed by atoms with Crippen molar-refractivity contribution in [3.63, 3.8) is 0 Å². The lowest BCUT2D eigenvalue weighted by Gasteiger charge is -2.26. The summed E-state index contributed by atoms with van der Waals surface area (Å²) in [6, 6.07) is 0.0995. The molecule has 0 saturated carbocycles. The zero-order chi connectivity index (χ0) is 14.6.